The molecule has 23 heavy (non-hydrogen) atoms. The molecule has 0 radical (unpaired) electrons. The first-order valence-corrected chi connectivity index (χ1v) is 8.49. The van der Waals surface area contributed by atoms with Crippen LogP contribution in [0.2, 0.25) is 0 Å². The van der Waals surface area contributed by atoms with Crippen LogP contribution in [-0.4, -0.2) is 50.3 Å². The summed E-state index contributed by atoms with van der Waals surface area (Å²) in [4.78, 5) is 6.84. The van der Waals surface area contributed by atoms with Crippen molar-refractivity contribution in [2.45, 2.75) is 37.7 Å². The molecule has 2 aliphatic heterocycles. The minimum absolute atomic E-state index is 0. The second kappa shape index (κ2) is 9.47. The molecular weight excluding hydrogens is 401 g/mol. The van der Waals surface area contributed by atoms with Crippen LogP contribution in [0, 0.1) is 0 Å². The Balaban J connectivity index is 0.00000192. The highest BCUT2D eigenvalue weighted by molar-refractivity contribution is 14.0. The van der Waals surface area contributed by atoms with Crippen molar-refractivity contribution in [1.29, 1.82) is 0 Å². The summed E-state index contributed by atoms with van der Waals surface area (Å²) in [6, 6.07) is 10.8. The molecule has 2 fully saturated rings. The molecule has 2 unspecified atom stereocenters. The molecule has 1 aromatic carbocycles. The van der Waals surface area contributed by atoms with Gasteiger partial charge in [-0.2, -0.15) is 0 Å². The third-order valence-corrected chi connectivity index (χ3v) is 4.74. The van der Waals surface area contributed by atoms with E-state index in [4.69, 9.17) is 4.74 Å². The van der Waals surface area contributed by atoms with Crippen LogP contribution in [0.4, 0.5) is 0 Å². The summed E-state index contributed by atoms with van der Waals surface area (Å²) in [5.74, 6) is 1.66. The van der Waals surface area contributed by atoms with Crippen molar-refractivity contribution in [2.75, 3.05) is 33.3 Å². The fourth-order valence-electron chi connectivity index (χ4n) is 3.50. The predicted molar refractivity (Wildman–Crippen MR) is 106 cm³/mol. The first-order chi connectivity index (χ1) is 10.9. The van der Waals surface area contributed by atoms with Crippen LogP contribution in [0.5, 0.6) is 0 Å². The molecule has 0 bridgehead atoms. The van der Waals surface area contributed by atoms with Crippen molar-refractivity contribution in [1.82, 2.24) is 10.2 Å². The standard InChI is InChI=1S/C18H27N3O.HI/c1-19-18(20-11-9-17-8-5-13-22-17)21-12-10-16(14-21)15-6-3-2-4-7-15;/h2-4,6-7,16-17H,5,8-14H2,1H3,(H,19,20);1H. The number of hydrogen-bond acceptors (Lipinski definition) is 2. The van der Waals surface area contributed by atoms with Gasteiger partial charge in [-0.05, 0) is 31.2 Å². The summed E-state index contributed by atoms with van der Waals surface area (Å²) in [6.45, 7) is 4.02. The molecule has 0 aromatic heterocycles. The Bertz CT molecular complexity index is 488. The zero-order valence-corrected chi connectivity index (χ0v) is 16.2. The van der Waals surface area contributed by atoms with Gasteiger partial charge in [-0.1, -0.05) is 30.3 Å². The zero-order chi connectivity index (χ0) is 15.2. The molecule has 2 atom stereocenters. The van der Waals surface area contributed by atoms with E-state index in [1.807, 2.05) is 7.05 Å². The van der Waals surface area contributed by atoms with E-state index in [1.54, 1.807) is 0 Å². The fourth-order valence-corrected chi connectivity index (χ4v) is 3.50. The Morgan fingerprint density at radius 3 is 2.83 bits per heavy atom. The maximum Gasteiger partial charge on any atom is 0.193 e. The molecule has 5 heteroatoms. The molecule has 128 valence electrons. The number of aliphatic imine (C=N–C) groups is 1. The van der Waals surface area contributed by atoms with Crippen LogP contribution in [0.15, 0.2) is 35.3 Å². The van der Waals surface area contributed by atoms with E-state index in [1.165, 1.54) is 24.8 Å². The lowest BCUT2D eigenvalue weighted by Gasteiger charge is -2.22. The van der Waals surface area contributed by atoms with Gasteiger partial charge in [0.1, 0.15) is 0 Å². The quantitative estimate of drug-likeness (QED) is 0.454. The highest BCUT2D eigenvalue weighted by atomic mass is 127. The zero-order valence-electron chi connectivity index (χ0n) is 13.9. The van der Waals surface area contributed by atoms with Crippen LogP contribution in [0.1, 0.15) is 37.2 Å². The third kappa shape index (κ3) is 5.08. The van der Waals surface area contributed by atoms with Gasteiger partial charge in [0, 0.05) is 39.2 Å². The molecule has 4 nitrogen and oxygen atoms in total. The summed E-state index contributed by atoms with van der Waals surface area (Å²) in [5, 5.41) is 3.51. The molecule has 2 aliphatic rings. The van der Waals surface area contributed by atoms with E-state index in [2.05, 4.69) is 45.5 Å². The maximum absolute atomic E-state index is 5.68. The lowest BCUT2D eigenvalue weighted by molar-refractivity contribution is 0.105. The number of guanidine groups is 1. The molecule has 0 amide bonds. The molecule has 1 N–H and O–H groups in total. The molecule has 0 spiro atoms. The van der Waals surface area contributed by atoms with Gasteiger partial charge in [-0.15, -0.1) is 24.0 Å². The largest absolute Gasteiger partial charge is 0.378 e. The van der Waals surface area contributed by atoms with E-state index >= 15 is 0 Å². The molecule has 0 aliphatic carbocycles. The number of nitrogens with one attached hydrogen (secondary N) is 1. The van der Waals surface area contributed by atoms with Crippen LogP contribution in [-0.2, 0) is 4.74 Å². The summed E-state index contributed by atoms with van der Waals surface area (Å²) in [6.07, 6.45) is 5.15. The monoisotopic (exact) mass is 429 g/mol. The van der Waals surface area contributed by atoms with E-state index < -0.39 is 0 Å². The Kier molecular flexibility index (Phi) is 7.62. The number of halogens is 1. The van der Waals surface area contributed by atoms with E-state index in [0.29, 0.717) is 12.0 Å². The van der Waals surface area contributed by atoms with Crippen LogP contribution >= 0.6 is 24.0 Å². The third-order valence-electron chi connectivity index (χ3n) is 4.74. The predicted octanol–water partition coefficient (Wildman–Crippen LogP) is 3.24. The minimum Gasteiger partial charge on any atom is -0.378 e. The van der Waals surface area contributed by atoms with Gasteiger partial charge in [0.25, 0.3) is 0 Å². The average Bonchev–Trinajstić information content (AvgIpc) is 3.24. The number of nitrogens with zero attached hydrogens (tertiary/aromatic N) is 2. The molecule has 2 saturated heterocycles. The van der Waals surface area contributed by atoms with Crippen LogP contribution < -0.4 is 5.32 Å². The van der Waals surface area contributed by atoms with Crippen LogP contribution in [0.3, 0.4) is 0 Å². The summed E-state index contributed by atoms with van der Waals surface area (Å²) < 4.78 is 5.68. The normalized spacial score (nSPS) is 24.6. The molecular formula is C18H28IN3O. The number of hydrogen-bond donors (Lipinski definition) is 1. The number of rotatable bonds is 4. The topological polar surface area (TPSA) is 36.9 Å². The Labute approximate surface area is 156 Å². The first kappa shape index (κ1) is 18.5. The highest BCUT2D eigenvalue weighted by Gasteiger charge is 2.26. The van der Waals surface area contributed by atoms with Crippen molar-refractivity contribution in [3.8, 4) is 0 Å². The van der Waals surface area contributed by atoms with Crippen molar-refractivity contribution >= 4 is 29.9 Å². The molecule has 1 aromatic rings. The average molecular weight is 429 g/mol. The molecule has 2 heterocycles. The van der Waals surface area contributed by atoms with Crippen molar-refractivity contribution in [3.05, 3.63) is 35.9 Å². The van der Waals surface area contributed by atoms with Gasteiger partial charge in [-0.25, -0.2) is 0 Å². The summed E-state index contributed by atoms with van der Waals surface area (Å²) in [7, 11) is 1.88. The van der Waals surface area contributed by atoms with E-state index in [-0.39, 0.29) is 24.0 Å². The number of benzene rings is 1. The minimum atomic E-state index is 0. The lowest BCUT2D eigenvalue weighted by Crippen LogP contribution is -2.41. The number of likely N-dealkylation sites (tertiary alicyclic amines) is 1. The van der Waals surface area contributed by atoms with Gasteiger partial charge < -0.3 is 15.0 Å². The van der Waals surface area contributed by atoms with Gasteiger partial charge in [0.05, 0.1) is 6.10 Å². The Morgan fingerprint density at radius 2 is 2.13 bits per heavy atom. The van der Waals surface area contributed by atoms with Gasteiger partial charge in [0.15, 0.2) is 5.96 Å². The van der Waals surface area contributed by atoms with Crippen molar-refractivity contribution in [2.24, 2.45) is 4.99 Å². The van der Waals surface area contributed by atoms with Gasteiger partial charge in [0.2, 0.25) is 0 Å². The van der Waals surface area contributed by atoms with Gasteiger partial charge in [-0.3, -0.25) is 4.99 Å². The number of ether oxygens (including phenoxy) is 1. The Hall–Kier alpha value is -0.820. The van der Waals surface area contributed by atoms with Crippen LogP contribution in [0.25, 0.3) is 0 Å². The first-order valence-electron chi connectivity index (χ1n) is 8.49. The molecule has 3 rings (SSSR count). The SMILES string of the molecule is CN=C(NCCC1CCCO1)N1CCC(c2ccccc2)C1.I. The van der Waals surface area contributed by atoms with E-state index in [0.717, 1.165) is 38.6 Å². The second-order valence-electron chi connectivity index (χ2n) is 6.24. The highest BCUT2D eigenvalue weighted by Crippen LogP contribution is 2.26. The second-order valence-corrected chi connectivity index (χ2v) is 6.24. The Morgan fingerprint density at radius 1 is 1.30 bits per heavy atom. The fraction of sp³-hybridized carbons (Fsp3) is 0.611. The van der Waals surface area contributed by atoms with Crippen molar-refractivity contribution in [3.63, 3.8) is 0 Å². The van der Waals surface area contributed by atoms with E-state index in [9.17, 15) is 0 Å². The maximum atomic E-state index is 5.68. The lowest BCUT2D eigenvalue weighted by atomic mass is 9.99. The molecule has 0 saturated carbocycles. The van der Waals surface area contributed by atoms with Gasteiger partial charge >= 0.3 is 0 Å². The smallest absolute Gasteiger partial charge is 0.193 e. The van der Waals surface area contributed by atoms with Crippen molar-refractivity contribution < 1.29 is 4.74 Å². The summed E-state index contributed by atoms with van der Waals surface area (Å²) >= 11 is 0. The summed E-state index contributed by atoms with van der Waals surface area (Å²) in [5.41, 5.74) is 1.44.